The van der Waals surface area contributed by atoms with Crippen LogP contribution in [0, 0.1) is 6.92 Å². The van der Waals surface area contributed by atoms with Crippen LogP contribution in [0.15, 0.2) is 24.4 Å². The van der Waals surface area contributed by atoms with Gasteiger partial charge in [-0.3, -0.25) is 4.98 Å². The molecule has 2 aromatic rings. The molecule has 0 bridgehead atoms. The van der Waals surface area contributed by atoms with Gasteiger partial charge in [-0.1, -0.05) is 0 Å². The molecule has 0 spiro atoms. The predicted molar refractivity (Wildman–Crippen MR) is 53.8 cm³/mol. The maximum absolute atomic E-state index is 4.40. The number of fused-ring (bicyclic) bond motifs is 1. The van der Waals surface area contributed by atoms with Crippen molar-refractivity contribution in [2.45, 2.75) is 6.92 Å². The van der Waals surface area contributed by atoms with Crippen LogP contribution in [0.1, 0.15) is 5.69 Å². The first kappa shape index (κ1) is 7.98. The van der Waals surface area contributed by atoms with Crippen LogP contribution < -0.4 is 5.32 Å². The van der Waals surface area contributed by atoms with Gasteiger partial charge in [-0.05, 0) is 25.1 Å². The fourth-order valence-electron chi connectivity index (χ4n) is 1.34. The molecule has 0 atom stereocenters. The van der Waals surface area contributed by atoms with Crippen molar-refractivity contribution in [3.05, 3.63) is 30.1 Å². The topological polar surface area (TPSA) is 37.8 Å². The molecule has 0 aliphatic carbocycles. The van der Waals surface area contributed by atoms with E-state index in [-0.39, 0.29) is 0 Å². The Labute approximate surface area is 76.8 Å². The number of anilines is 1. The van der Waals surface area contributed by atoms with Crippen molar-refractivity contribution in [2.24, 2.45) is 0 Å². The van der Waals surface area contributed by atoms with E-state index in [1.807, 2.05) is 32.2 Å². The Morgan fingerprint density at radius 2 is 2.08 bits per heavy atom. The first-order chi connectivity index (χ1) is 6.31. The average molecular weight is 173 g/mol. The van der Waals surface area contributed by atoms with Gasteiger partial charge in [0.25, 0.3) is 0 Å². The summed E-state index contributed by atoms with van der Waals surface area (Å²) in [4.78, 5) is 8.61. The standard InChI is InChI=1S/C10H11N3/c1-7-8-3-4-10(11-2)13-9(8)5-6-12-7/h3-6H,1-2H3,(H,11,13). The molecule has 0 amide bonds. The summed E-state index contributed by atoms with van der Waals surface area (Å²) in [5.41, 5.74) is 2.01. The summed E-state index contributed by atoms with van der Waals surface area (Å²) in [6.07, 6.45) is 1.78. The fourth-order valence-corrected chi connectivity index (χ4v) is 1.34. The van der Waals surface area contributed by atoms with Gasteiger partial charge in [0.1, 0.15) is 5.82 Å². The van der Waals surface area contributed by atoms with Gasteiger partial charge < -0.3 is 5.32 Å². The monoisotopic (exact) mass is 173 g/mol. The maximum atomic E-state index is 4.40. The van der Waals surface area contributed by atoms with Crippen LogP contribution in [-0.2, 0) is 0 Å². The maximum Gasteiger partial charge on any atom is 0.126 e. The summed E-state index contributed by atoms with van der Waals surface area (Å²) >= 11 is 0. The largest absolute Gasteiger partial charge is 0.373 e. The molecule has 1 N–H and O–H groups in total. The molecule has 13 heavy (non-hydrogen) atoms. The molecule has 3 nitrogen and oxygen atoms in total. The lowest BCUT2D eigenvalue weighted by molar-refractivity contribution is 1.22. The number of pyridine rings is 2. The number of rotatable bonds is 1. The van der Waals surface area contributed by atoms with Crippen molar-refractivity contribution < 1.29 is 0 Å². The lowest BCUT2D eigenvalue weighted by Gasteiger charge is -2.02. The van der Waals surface area contributed by atoms with E-state index in [9.17, 15) is 0 Å². The number of hydrogen-bond donors (Lipinski definition) is 1. The molecule has 2 rings (SSSR count). The van der Waals surface area contributed by atoms with Crippen LogP contribution in [0.4, 0.5) is 5.82 Å². The minimum absolute atomic E-state index is 0.887. The van der Waals surface area contributed by atoms with Crippen molar-refractivity contribution in [1.29, 1.82) is 0 Å². The average Bonchev–Trinajstić information content (AvgIpc) is 2.18. The smallest absolute Gasteiger partial charge is 0.126 e. The highest BCUT2D eigenvalue weighted by atomic mass is 15.0. The Balaban J connectivity index is 2.72. The van der Waals surface area contributed by atoms with Crippen molar-refractivity contribution >= 4 is 16.7 Å². The quantitative estimate of drug-likeness (QED) is 0.716. The number of nitrogens with one attached hydrogen (secondary N) is 1. The van der Waals surface area contributed by atoms with Gasteiger partial charge in [0, 0.05) is 24.3 Å². The SMILES string of the molecule is CNc1ccc2c(C)nccc2n1. The van der Waals surface area contributed by atoms with E-state index >= 15 is 0 Å². The van der Waals surface area contributed by atoms with E-state index in [4.69, 9.17) is 0 Å². The lowest BCUT2D eigenvalue weighted by atomic mass is 10.2. The molecule has 66 valence electrons. The normalized spacial score (nSPS) is 10.3. The Morgan fingerprint density at radius 1 is 1.23 bits per heavy atom. The van der Waals surface area contributed by atoms with Crippen LogP contribution in [0.5, 0.6) is 0 Å². The molecule has 0 aromatic carbocycles. The summed E-state index contributed by atoms with van der Waals surface area (Å²) in [6, 6.07) is 5.91. The number of aryl methyl sites for hydroxylation is 1. The molecule has 0 saturated carbocycles. The molecular weight excluding hydrogens is 162 g/mol. The molecule has 0 unspecified atom stereocenters. The van der Waals surface area contributed by atoms with Gasteiger partial charge in [-0.15, -0.1) is 0 Å². The van der Waals surface area contributed by atoms with Gasteiger partial charge in [0.15, 0.2) is 0 Å². The van der Waals surface area contributed by atoms with Crippen LogP contribution in [0.3, 0.4) is 0 Å². The van der Waals surface area contributed by atoms with Crippen molar-refractivity contribution in [3.8, 4) is 0 Å². The zero-order valence-electron chi connectivity index (χ0n) is 7.70. The third kappa shape index (κ3) is 1.33. The van der Waals surface area contributed by atoms with E-state index in [1.165, 1.54) is 0 Å². The van der Waals surface area contributed by atoms with Crippen molar-refractivity contribution in [2.75, 3.05) is 12.4 Å². The van der Waals surface area contributed by atoms with E-state index in [0.717, 1.165) is 22.4 Å². The van der Waals surface area contributed by atoms with Gasteiger partial charge in [-0.2, -0.15) is 0 Å². The van der Waals surface area contributed by atoms with Crippen LogP contribution in [-0.4, -0.2) is 17.0 Å². The minimum Gasteiger partial charge on any atom is -0.373 e. The molecule has 0 radical (unpaired) electrons. The number of aromatic nitrogens is 2. The van der Waals surface area contributed by atoms with Gasteiger partial charge in [0.05, 0.1) is 5.52 Å². The van der Waals surface area contributed by atoms with Crippen molar-refractivity contribution in [3.63, 3.8) is 0 Å². The van der Waals surface area contributed by atoms with E-state index in [1.54, 1.807) is 6.20 Å². The minimum atomic E-state index is 0.887. The number of nitrogens with zero attached hydrogens (tertiary/aromatic N) is 2. The summed E-state index contributed by atoms with van der Waals surface area (Å²) in [5.74, 6) is 0.887. The highest BCUT2D eigenvalue weighted by molar-refractivity contribution is 5.81. The summed E-state index contributed by atoms with van der Waals surface area (Å²) < 4.78 is 0. The first-order valence-corrected chi connectivity index (χ1v) is 4.21. The van der Waals surface area contributed by atoms with E-state index in [2.05, 4.69) is 15.3 Å². The molecule has 0 fully saturated rings. The van der Waals surface area contributed by atoms with Gasteiger partial charge >= 0.3 is 0 Å². The van der Waals surface area contributed by atoms with Gasteiger partial charge in [-0.25, -0.2) is 4.98 Å². The second-order valence-corrected chi connectivity index (χ2v) is 2.91. The lowest BCUT2D eigenvalue weighted by Crippen LogP contribution is -1.93. The molecule has 0 aliphatic heterocycles. The van der Waals surface area contributed by atoms with Crippen LogP contribution >= 0.6 is 0 Å². The van der Waals surface area contributed by atoms with Crippen LogP contribution in [0.25, 0.3) is 10.9 Å². The Kier molecular flexibility index (Phi) is 1.85. The second-order valence-electron chi connectivity index (χ2n) is 2.91. The Morgan fingerprint density at radius 3 is 2.85 bits per heavy atom. The van der Waals surface area contributed by atoms with Gasteiger partial charge in [0.2, 0.25) is 0 Å². The zero-order chi connectivity index (χ0) is 9.26. The predicted octanol–water partition coefficient (Wildman–Crippen LogP) is 1.98. The van der Waals surface area contributed by atoms with E-state index < -0.39 is 0 Å². The molecule has 2 heterocycles. The molecule has 3 heteroatoms. The Bertz CT molecular complexity index is 437. The third-order valence-electron chi connectivity index (χ3n) is 2.07. The van der Waals surface area contributed by atoms with Crippen LogP contribution in [0.2, 0.25) is 0 Å². The second kappa shape index (κ2) is 3.01. The van der Waals surface area contributed by atoms with E-state index in [0.29, 0.717) is 0 Å². The molecule has 2 aromatic heterocycles. The molecule has 0 saturated heterocycles. The zero-order valence-corrected chi connectivity index (χ0v) is 7.70. The summed E-state index contributed by atoms with van der Waals surface area (Å²) in [5, 5.41) is 4.12. The number of hydrogen-bond acceptors (Lipinski definition) is 3. The first-order valence-electron chi connectivity index (χ1n) is 4.21. The Hall–Kier alpha value is -1.64. The highest BCUT2D eigenvalue weighted by Gasteiger charge is 1.98. The summed E-state index contributed by atoms with van der Waals surface area (Å²) in [7, 11) is 1.86. The van der Waals surface area contributed by atoms with Crippen molar-refractivity contribution in [1.82, 2.24) is 9.97 Å². The molecular formula is C10H11N3. The summed E-state index contributed by atoms with van der Waals surface area (Å²) in [6.45, 7) is 1.99. The fraction of sp³-hybridized carbons (Fsp3) is 0.200. The third-order valence-corrected chi connectivity index (χ3v) is 2.07. The highest BCUT2D eigenvalue weighted by Crippen LogP contribution is 2.16. The molecule has 0 aliphatic rings.